The van der Waals surface area contributed by atoms with Gasteiger partial charge in [-0.3, -0.25) is 24.0 Å². The number of aromatic nitrogens is 4. The van der Waals surface area contributed by atoms with E-state index >= 15 is 0 Å². The lowest BCUT2D eigenvalue weighted by molar-refractivity contribution is -0.119. The largest absolute Gasteiger partial charge is 0.383 e. The number of nitrogen functional groups attached to an aromatic ring is 1. The third-order valence-electron chi connectivity index (χ3n) is 9.58. The molecule has 4 heterocycles. The maximum atomic E-state index is 13.2. The molecule has 216 valence electrons. The summed E-state index contributed by atoms with van der Waals surface area (Å²) in [6.45, 7) is 3.87. The van der Waals surface area contributed by atoms with E-state index in [2.05, 4.69) is 15.0 Å². The Balaban J connectivity index is 1.20. The van der Waals surface area contributed by atoms with Gasteiger partial charge in [0.2, 0.25) is 0 Å². The minimum absolute atomic E-state index is 0.0947. The number of rotatable bonds is 7. The van der Waals surface area contributed by atoms with Crippen LogP contribution < -0.4 is 5.73 Å². The fourth-order valence-electron chi connectivity index (χ4n) is 7.02. The van der Waals surface area contributed by atoms with Crippen LogP contribution in [0.3, 0.4) is 0 Å². The van der Waals surface area contributed by atoms with E-state index in [4.69, 9.17) is 10.5 Å². The van der Waals surface area contributed by atoms with Crippen LogP contribution in [-0.4, -0.2) is 88.8 Å². The van der Waals surface area contributed by atoms with Crippen molar-refractivity contribution in [3.05, 3.63) is 83.9 Å². The normalized spacial score (nSPS) is 28.4. The zero-order valence-electron chi connectivity index (χ0n) is 23.4. The second-order valence-electron chi connectivity index (χ2n) is 11.9. The SMILES string of the molecule is CN(C[C@H]1O[C@@H](n2cnc3c(N)ncnc32)[C@@]2(O)C(C)(C)[C@@]12O)C(CN1C(=O)c2ccccc2C1=O)c1ccccc1. The Morgan fingerprint density at radius 2 is 1.62 bits per heavy atom. The number of anilines is 1. The maximum absolute atomic E-state index is 13.2. The number of amides is 2. The van der Waals surface area contributed by atoms with E-state index in [1.54, 1.807) is 42.7 Å². The summed E-state index contributed by atoms with van der Waals surface area (Å²) in [6.07, 6.45) is 0.960. The number of imide groups is 1. The van der Waals surface area contributed by atoms with Gasteiger partial charge in [0.15, 0.2) is 17.7 Å². The predicted molar refractivity (Wildman–Crippen MR) is 151 cm³/mol. The highest BCUT2D eigenvalue weighted by atomic mass is 16.6. The van der Waals surface area contributed by atoms with Gasteiger partial charge in [-0.25, -0.2) is 15.0 Å². The van der Waals surface area contributed by atoms with Gasteiger partial charge in [0.1, 0.15) is 29.2 Å². The number of fused-ring (bicyclic) bond motifs is 3. The molecule has 1 unspecified atom stereocenters. The third-order valence-corrected chi connectivity index (χ3v) is 9.58. The Bertz CT molecular complexity index is 1710. The highest BCUT2D eigenvalue weighted by Gasteiger charge is 2.92. The number of ether oxygens (including phenoxy) is 1. The van der Waals surface area contributed by atoms with Crippen molar-refractivity contribution in [1.29, 1.82) is 0 Å². The summed E-state index contributed by atoms with van der Waals surface area (Å²) in [5, 5.41) is 23.9. The molecular weight excluding hydrogens is 538 g/mol. The van der Waals surface area contributed by atoms with Gasteiger partial charge >= 0.3 is 0 Å². The number of hydrogen-bond acceptors (Lipinski definition) is 10. The lowest BCUT2D eigenvalue weighted by Crippen LogP contribution is -2.46. The van der Waals surface area contributed by atoms with Crippen LogP contribution >= 0.6 is 0 Å². The highest BCUT2D eigenvalue weighted by Crippen LogP contribution is 2.75. The third kappa shape index (κ3) is 3.28. The fourth-order valence-corrected chi connectivity index (χ4v) is 7.02. The van der Waals surface area contributed by atoms with Gasteiger partial charge in [-0.2, -0.15) is 0 Å². The van der Waals surface area contributed by atoms with Crippen LogP contribution in [-0.2, 0) is 4.74 Å². The van der Waals surface area contributed by atoms with Crippen molar-refractivity contribution in [2.75, 3.05) is 25.9 Å². The standard InChI is InChI=1S/C30H31N7O5/c1-28(2)29(40)21(42-27(30(28,29)41)37-16-34-22-23(31)32-15-33-24(22)37)14-35(3)20(17-9-5-4-6-10-17)13-36-25(38)18-11-7-8-12-19(18)26(36)39/h4-12,15-16,20-21,27,40-41H,13-14H2,1-3H3,(H2,31,32,33)/t20?,21-,27-,29+,30-/m1/s1. The quantitative estimate of drug-likeness (QED) is 0.280. The Labute approximate surface area is 241 Å². The highest BCUT2D eigenvalue weighted by molar-refractivity contribution is 6.21. The molecule has 1 aliphatic carbocycles. The molecule has 5 atom stereocenters. The molecule has 42 heavy (non-hydrogen) atoms. The summed E-state index contributed by atoms with van der Waals surface area (Å²) in [5.74, 6) is -0.484. The molecule has 3 aliphatic rings. The molecule has 0 radical (unpaired) electrons. The molecule has 2 aromatic heterocycles. The first-order valence-corrected chi connectivity index (χ1v) is 13.8. The molecule has 1 saturated carbocycles. The van der Waals surface area contributed by atoms with Crippen LogP contribution in [0.1, 0.15) is 52.4 Å². The first-order valence-electron chi connectivity index (χ1n) is 13.8. The average molecular weight is 570 g/mol. The molecule has 7 rings (SSSR count). The summed E-state index contributed by atoms with van der Waals surface area (Å²) >= 11 is 0. The van der Waals surface area contributed by atoms with Crippen LogP contribution in [0.15, 0.2) is 67.3 Å². The second kappa shape index (κ2) is 8.88. The van der Waals surface area contributed by atoms with E-state index in [9.17, 15) is 19.8 Å². The molecule has 4 N–H and O–H groups in total. The minimum Gasteiger partial charge on any atom is -0.383 e. The number of nitrogens with two attached hydrogens (primary N) is 1. The fraction of sp³-hybridized carbons (Fsp3) is 0.367. The van der Waals surface area contributed by atoms with Crippen LogP contribution in [0.5, 0.6) is 0 Å². The van der Waals surface area contributed by atoms with Gasteiger partial charge in [-0.15, -0.1) is 0 Å². The molecule has 2 amide bonds. The lowest BCUT2D eigenvalue weighted by atomic mass is 9.99. The number of likely N-dealkylation sites (N-methyl/N-ethyl adjacent to an activating group) is 1. The molecule has 4 aromatic rings. The first-order chi connectivity index (χ1) is 20.0. The minimum atomic E-state index is -1.65. The predicted octanol–water partition coefficient (Wildman–Crippen LogP) is 1.78. The summed E-state index contributed by atoms with van der Waals surface area (Å²) in [5.41, 5.74) is 4.20. The number of benzene rings is 2. The van der Waals surface area contributed by atoms with Crippen molar-refractivity contribution >= 4 is 28.8 Å². The van der Waals surface area contributed by atoms with Crippen molar-refractivity contribution in [3.63, 3.8) is 0 Å². The molecule has 0 spiro atoms. The van der Waals surface area contributed by atoms with E-state index in [0.717, 1.165) is 5.56 Å². The van der Waals surface area contributed by atoms with Crippen molar-refractivity contribution in [2.24, 2.45) is 5.41 Å². The summed E-state index contributed by atoms with van der Waals surface area (Å²) < 4.78 is 7.99. The van der Waals surface area contributed by atoms with Crippen LogP contribution in [0.25, 0.3) is 11.2 Å². The zero-order valence-corrected chi connectivity index (χ0v) is 23.4. The molecule has 12 heteroatoms. The van der Waals surface area contributed by atoms with Gasteiger partial charge in [0, 0.05) is 18.5 Å². The molecule has 2 aliphatic heterocycles. The number of imidazole rings is 1. The molecule has 1 saturated heterocycles. The summed E-state index contributed by atoms with van der Waals surface area (Å²) in [4.78, 5) is 42.3. The molecule has 12 nitrogen and oxygen atoms in total. The van der Waals surface area contributed by atoms with E-state index in [0.29, 0.717) is 22.3 Å². The lowest BCUT2D eigenvalue weighted by Gasteiger charge is -2.35. The van der Waals surface area contributed by atoms with Crippen LogP contribution in [0.2, 0.25) is 0 Å². The second-order valence-corrected chi connectivity index (χ2v) is 11.9. The van der Waals surface area contributed by atoms with Gasteiger partial charge in [-0.1, -0.05) is 56.3 Å². The molecule has 0 bridgehead atoms. The molecular formula is C30H31N7O5. The summed E-state index contributed by atoms with van der Waals surface area (Å²) in [6, 6.07) is 15.9. The van der Waals surface area contributed by atoms with Crippen molar-refractivity contribution in [2.45, 2.75) is 43.4 Å². The Morgan fingerprint density at radius 3 is 2.29 bits per heavy atom. The van der Waals surface area contributed by atoms with Crippen molar-refractivity contribution < 1.29 is 24.5 Å². The maximum Gasteiger partial charge on any atom is 0.261 e. The Hall–Kier alpha value is -4.23. The van der Waals surface area contributed by atoms with E-state index in [1.165, 1.54) is 17.6 Å². The number of carbonyl (C=O) groups excluding carboxylic acids is 2. The average Bonchev–Trinajstić information content (AvgIpc) is 3.42. The first kappa shape index (κ1) is 26.7. The van der Waals surface area contributed by atoms with E-state index < -0.39 is 35.0 Å². The smallest absolute Gasteiger partial charge is 0.261 e. The van der Waals surface area contributed by atoms with Gasteiger partial charge in [0.05, 0.1) is 23.5 Å². The number of carbonyl (C=O) groups is 2. The number of nitrogens with zero attached hydrogens (tertiary/aromatic N) is 6. The van der Waals surface area contributed by atoms with Gasteiger partial charge in [0.25, 0.3) is 11.8 Å². The summed E-state index contributed by atoms with van der Waals surface area (Å²) in [7, 11) is 1.85. The van der Waals surface area contributed by atoms with E-state index in [-0.39, 0.29) is 30.7 Å². The number of hydrogen-bond donors (Lipinski definition) is 3. The molecule has 2 fully saturated rings. The zero-order chi connectivity index (χ0) is 29.6. The molecule has 2 aromatic carbocycles. The van der Waals surface area contributed by atoms with Crippen LogP contribution in [0, 0.1) is 5.41 Å². The monoisotopic (exact) mass is 569 g/mol. The van der Waals surface area contributed by atoms with Crippen molar-refractivity contribution in [1.82, 2.24) is 29.3 Å². The Kier molecular flexibility index (Phi) is 5.64. The van der Waals surface area contributed by atoms with Gasteiger partial charge in [-0.05, 0) is 24.7 Å². The Morgan fingerprint density at radius 1 is 0.976 bits per heavy atom. The van der Waals surface area contributed by atoms with Crippen LogP contribution in [0.4, 0.5) is 5.82 Å². The number of aliphatic hydroxyl groups is 2. The van der Waals surface area contributed by atoms with E-state index in [1.807, 2.05) is 42.3 Å². The van der Waals surface area contributed by atoms with Gasteiger partial charge < -0.3 is 20.7 Å². The topological polar surface area (TPSA) is 160 Å². The van der Waals surface area contributed by atoms with Crippen molar-refractivity contribution in [3.8, 4) is 0 Å².